The van der Waals surface area contributed by atoms with Crippen molar-refractivity contribution in [2.75, 3.05) is 19.7 Å². The second-order valence-electron chi connectivity index (χ2n) is 4.46. The number of hydrogen-bond donors (Lipinski definition) is 1. The van der Waals surface area contributed by atoms with Crippen LogP contribution in [0.5, 0.6) is 0 Å². The van der Waals surface area contributed by atoms with Gasteiger partial charge in [-0.15, -0.1) is 0 Å². The summed E-state index contributed by atoms with van der Waals surface area (Å²) in [5.74, 6) is -0.210. The normalized spacial score (nSPS) is 24.2. The summed E-state index contributed by atoms with van der Waals surface area (Å²) in [6.45, 7) is 6.74. The highest BCUT2D eigenvalue weighted by molar-refractivity contribution is 5.79. The molecule has 1 aliphatic heterocycles. The monoisotopic (exact) mass is 228 g/mol. The maximum Gasteiger partial charge on any atom is 0.234 e. The number of carbonyl (C=O) groups is 1. The van der Waals surface area contributed by atoms with Gasteiger partial charge in [-0.1, -0.05) is 13.8 Å². The van der Waals surface area contributed by atoms with E-state index in [2.05, 4.69) is 11.8 Å². The Morgan fingerprint density at radius 3 is 2.88 bits per heavy atom. The molecular formula is C12H24N2O2. The Morgan fingerprint density at radius 1 is 1.56 bits per heavy atom. The van der Waals surface area contributed by atoms with Gasteiger partial charge in [-0.05, 0) is 32.2 Å². The van der Waals surface area contributed by atoms with Gasteiger partial charge in [0, 0.05) is 13.2 Å². The average Bonchev–Trinajstić information content (AvgIpc) is 2.27. The zero-order valence-electron chi connectivity index (χ0n) is 10.4. The van der Waals surface area contributed by atoms with E-state index in [9.17, 15) is 4.79 Å². The molecule has 1 heterocycles. The van der Waals surface area contributed by atoms with Gasteiger partial charge >= 0.3 is 0 Å². The van der Waals surface area contributed by atoms with E-state index in [1.807, 2.05) is 6.92 Å². The zero-order valence-corrected chi connectivity index (χ0v) is 10.4. The lowest BCUT2D eigenvalue weighted by atomic mass is 10.0. The highest BCUT2D eigenvalue weighted by Crippen LogP contribution is 2.17. The van der Waals surface area contributed by atoms with Gasteiger partial charge in [-0.3, -0.25) is 9.69 Å². The van der Waals surface area contributed by atoms with Crippen molar-refractivity contribution in [1.82, 2.24) is 4.90 Å². The van der Waals surface area contributed by atoms with E-state index in [-0.39, 0.29) is 18.1 Å². The lowest BCUT2D eigenvalue weighted by Crippen LogP contribution is -2.50. The molecule has 0 spiro atoms. The summed E-state index contributed by atoms with van der Waals surface area (Å²) in [7, 11) is 0. The van der Waals surface area contributed by atoms with Gasteiger partial charge in [0.1, 0.15) is 0 Å². The molecule has 94 valence electrons. The average molecular weight is 228 g/mol. The molecule has 0 bridgehead atoms. The van der Waals surface area contributed by atoms with Crippen molar-refractivity contribution in [2.45, 2.75) is 51.7 Å². The van der Waals surface area contributed by atoms with Gasteiger partial charge < -0.3 is 10.5 Å². The topological polar surface area (TPSA) is 55.6 Å². The van der Waals surface area contributed by atoms with Crippen LogP contribution in [-0.4, -0.2) is 42.6 Å². The molecule has 0 radical (unpaired) electrons. The highest BCUT2D eigenvalue weighted by Gasteiger charge is 2.28. The molecule has 16 heavy (non-hydrogen) atoms. The zero-order chi connectivity index (χ0) is 12.0. The molecule has 2 N–H and O–H groups in total. The maximum atomic E-state index is 11.3. The largest absolute Gasteiger partial charge is 0.377 e. The van der Waals surface area contributed by atoms with Crippen molar-refractivity contribution >= 4 is 5.91 Å². The Hall–Kier alpha value is -0.610. The molecule has 2 unspecified atom stereocenters. The summed E-state index contributed by atoms with van der Waals surface area (Å²) in [6.07, 6.45) is 4.31. The second-order valence-corrected chi connectivity index (χ2v) is 4.46. The Balaban J connectivity index is 2.45. The number of piperidine rings is 1. The van der Waals surface area contributed by atoms with Crippen LogP contribution in [0.15, 0.2) is 0 Å². The molecule has 0 aromatic rings. The molecule has 1 amide bonds. The smallest absolute Gasteiger partial charge is 0.234 e. The molecule has 4 nitrogen and oxygen atoms in total. The molecule has 2 atom stereocenters. The standard InChI is InChI=1S/C12H24N2O2/c1-3-8-16-10-6-5-7-14(9-10)11(4-2)12(13)15/h10-11H,3-9H2,1-2H3,(H2,13,15). The molecule has 1 rings (SSSR count). The first kappa shape index (κ1) is 13.5. The number of rotatable bonds is 6. The van der Waals surface area contributed by atoms with Crippen molar-refractivity contribution in [1.29, 1.82) is 0 Å². The predicted molar refractivity (Wildman–Crippen MR) is 64.1 cm³/mol. The number of carbonyl (C=O) groups excluding carboxylic acids is 1. The number of nitrogens with zero attached hydrogens (tertiary/aromatic N) is 1. The van der Waals surface area contributed by atoms with Crippen molar-refractivity contribution in [2.24, 2.45) is 5.73 Å². The first-order valence-electron chi connectivity index (χ1n) is 6.34. The molecule has 0 saturated carbocycles. The van der Waals surface area contributed by atoms with Crippen LogP contribution >= 0.6 is 0 Å². The fourth-order valence-electron chi connectivity index (χ4n) is 2.31. The van der Waals surface area contributed by atoms with E-state index < -0.39 is 0 Å². The maximum absolute atomic E-state index is 11.3. The molecule has 1 aliphatic rings. The number of nitrogens with two attached hydrogens (primary N) is 1. The van der Waals surface area contributed by atoms with Crippen LogP contribution in [0.4, 0.5) is 0 Å². The number of primary amides is 1. The van der Waals surface area contributed by atoms with Crippen LogP contribution in [0.1, 0.15) is 39.5 Å². The van der Waals surface area contributed by atoms with Crippen LogP contribution in [0.2, 0.25) is 0 Å². The summed E-state index contributed by atoms with van der Waals surface area (Å²) in [4.78, 5) is 13.5. The van der Waals surface area contributed by atoms with Crippen LogP contribution < -0.4 is 5.73 Å². The lowest BCUT2D eigenvalue weighted by Gasteiger charge is -2.36. The number of amides is 1. The second kappa shape index (κ2) is 6.86. The Kier molecular flexibility index (Phi) is 5.77. The van der Waals surface area contributed by atoms with Crippen LogP contribution in [0.25, 0.3) is 0 Å². The van der Waals surface area contributed by atoms with Gasteiger partial charge in [-0.2, -0.15) is 0 Å². The Bertz CT molecular complexity index is 221. The first-order valence-corrected chi connectivity index (χ1v) is 6.34. The summed E-state index contributed by atoms with van der Waals surface area (Å²) in [5, 5.41) is 0. The van der Waals surface area contributed by atoms with Crippen LogP contribution in [-0.2, 0) is 9.53 Å². The predicted octanol–water partition coefficient (Wildman–Crippen LogP) is 1.14. The molecule has 0 aliphatic carbocycles. The fourth-order valence-corrected chi connectivity index (χ4v) is 2.31. The third kappa shape index (κ3) is 3.76. The number of ether oxygens (including phenoxy) is 1. The van der Waals surface area contributed by atoms with Crippen LogP contribution in [0, 0.1) is 0 Å². The van der Waals surface area contributed by atoms with E-state index in [4.69, 9.17) is 10.5 Å². The molecule has 1 fully saturated rings. The van der Waals surface area contributed by atoms with Gasteiger partial charge in [0.05, 0.1) is 12.1 Å². The molecule has 0 aromatic carbocycles. The summed E-state index contributed by atoms with van der Waals surface area (Å²) < 4.78 is 5.74. The van der Waals surface area contributed by atoms with Crippen molar-refractivity contribution in [3.8, 4) is 0 Å². The fraction of sp³-hybridized carbons (Fsp3) is 0.917. The van der Waals surface area contributed by atoms with E-state index in [1.54, 1.807) is 0 Å². The van der Waals surface area contributed by atoms with Gasteiger partial charge in [0.25, 0.3) is 0 Å². The van der Waals surface area contributed by atoms with Crippen LogP contribution in [0.3, 0.4) is 0 Å². The third-order valence-electron chi connectivity index (χ3n) is 3.12. The minimum Gasteiger partial charge on any atom is -0.377 e. The van der Waals surface area contributed by atoms with Crippen molar-refractivity contribution < 1.29 is 9.53 Å². The molecule has 1 saturated heterocycles. The molecular weight excluding hydrogens is 204 g/mol. The third-order valence-corrected chi connectivity index (χ3v) is 3.12. The minimum absolute atomic E-state index is 0.118. The lowest BCUT2D eigenvalue weighted by molar-refractivity contribution is -0.125. The van der Waals surface area contributed by atoms with E-state index in [0.717, 1.165) is 45.4 Å². The minimum atomic E-state index is -0.210. The highest BCUT2D eigenvalue weighted by atomic mass is 16.5. The molecule has 4 heteroatoms. The Labute approximate surface area is 98.1 Å². The van der Waals surface area contributed by atoms with Gasteiger partial charge in [0.2, 0.25) is 5.91 Å². The summed E-state index contributed by atoms with van der Waals surface area (Å²) in [6, 6.07) is -0.118. The summed E-state index contributed by atoms with van der Waals surface area (Å²) in [5.41, 5.74) is 5.40. The van der Waals surface area contributed by atoms with Crippen molar-refractivity contribution in [3.05, 3.63) is 0 Å². The number of likely N-dealkylation sites (tertiary alicyclic amines) is 1. The van der Waals surface area contributed by atoms with E-state index in [1.165, 1.54) is 0 Å². The quantitative estimate of drug-likeness (QED) is 0.741. The summed E-state index contributed by atoms with van der Waals surface area (Å²) >= 11 is 0. The first-order chi connectivity index (χ1) is 7.69. The molecule has 0 aromatic heterocycles. The SMILES string of the molecule is CCCOC1CCCN(C(CC)C(N)=O)C1. The van der Waals surface area contributed by atoms with E-state index in [0.29, 0.717) is 0 Å². The van der Waals surface area contributed by atoms with Gasteiger partial charge in [-0.25, -0.2) is 0 Å². The number of hydrogen-bond acceptors (Lipinski definition) is 3. The Morgan fingerprint density at radius 2 is 2.31 bits per heavy atom. The van der Waals surface area contributed by atoms with Gasteiger partial charge in [0.15, 0.2) is 0 Å². The van der Waals surface area contributed by atoms with E-state index >= 15 is 0 Å². The van der Waals surface area contributed by atoms with Crippen molar-refractivity contribution in [3.63, 3.8) is 0 Å².